The molecule has 0 aliphatic heterocycles. The molecule has 164 valence electrons. The van der Waals surface area contributed by atoms with Crippen LogP contribution < -0.4 is 0 Å². The van der Waals surface area contributed by atoms with E-state index in [0.717, 1.165) is 51.4 Å². The molecule has 4 rings (SSSR count). The predicted molar refractivity (Wildman–Crippen MR) is 109 cm³/mol. The maximum absolute atomic E-state index is 13.1. The summed E-state index contributed by atoms with van der Waals surface area (Å²) < 4.78 is 4.99. The highest BCUT2D eigenvalue weighted by atomic mass is 16.5. The third-order valence-corrected chi connectivity index (χ3v) is 10.1. The van der Waals surface area contributed by atoms with E-state index in [1.54, 1.807) is 0 Å². The van der Waals surface area contributed by atoms with Crippen molar-refractivity contribution in [3.8, 4) is 0 Å². The number of hydrogen-bond acceptors (Lipinski definition) is 5. The number of Topliss-reactive ketones (excluding diaryl/α,β-unsaturated/α-hetero) is 1. The number of esters is 1. The first-order valence-corrected chi connectivity index (χ1v) is 11.6. The Hall–Kier alpha value is -0.940. The van der Waals surface area contributed by atoms with Gasteiger partial charge in [0.25, 0.3) is 0 Å². The molecule has 4 unspecified atom stereocenters. The molecule has 0 bridgehead atoms. The zero-order chi connectivity index (χ0) is 21.2. The van der Waals surface area contributed by atoms with Gasteiger partial charge in [-0.05, 0) is 86.4 Å². The van der Waals surface area contributed by atoms with E-state index >= 15 is 0 Å². The molecule has 9 atom stereocenters. The molecule has 0 saturated heterocycles. The Balaban J connectivity index is 1.61. The largest absolute Gasteiger partial charge is 0.458 e. The average molecular weight is 407 g/mol. The summed E-state index contributed by atoms with van der Waals surface area (Å²) in [5, 5.41) is 21.9. The number of ketones is 1. The van der Waals surface area contributed by atoms with Crippen LogP contribution in [0.15, 0.2) is 0 Å². The molecule has 0 radical (unpaired) electrons. The van der Waals surface area contributed by atoms with Crippen LogP contribution in [-0.4, -0.2) is 40.3 Å². The van der Waals surface area contributed by atoms with Gasteiger partial charge in [-0.15, -0.1) is 0 Å². The number of carbonyl (C=O) groups excluding carboxylic acids is 2. The van der Waals surface area contributed by atoms with Crippen LogP contribution in [0, 0.1) is 40.4 Å². The lowest BCUT2D eigenvalue weighted by Gasteiger charge is -2.61. The fourth-order valence-electron chi connectivity index (χ4n) is 8.45. The van der Waals surface area contributed by atoms with E-state index in [9.17, 15) is 19.8 Å². The normalized spacial score (nSPS) is 51.5. The molecule has 29 heavy (non-hydrogen) atoms. The monoisotopic (exact) mass is 406 g/mol. The van der Waals surface area contributed by atoms with Crippen molar-refractivity contribution in [2.45, 2.75) is 90.8 Å². The minimum atomic E-state index is -1.42. The van der Waals surface area contributed by atoms with E-state index in [-0.39, 0.29) is 29.8 Å². The molecule has 4 aliphatic carbocycles. The summed E-state index contributed by atoms with van der Waals surface area (Å²) >= 11 is 0. The van der Waals surface area contributed by atoms with E-state index < -0.39 is 17.0 Å². The van der Waals surface area contributed by atoms with Crippen molar-refractivity contribution in [3.63, 3.8) is 0 Å². The second-order valence-corrected chi connectivity index (χ2v) is 11.1. The SMILES string of the molecule is CC(=O)OCC(=O)[C@@]1(O)[C@@H](C)CC2C3CCC4C[C@@H](O)CC[C@]4(C)C3CC[C@@]21C. The second-order valence-electron chi connectivity index (χ2n) is 11.1. The van der Waals surface area contributed by atoms with E-state index in [2.05, 4.69) is 13.8 Å². The number of hydrogen-bond donors (Lipinski definition) is 2. The van der Waals surface area contributed by atoms with E-state index in [4.69, 9.17) is 4.74 Å². The Labute approximate surface area is 174 Å². The van der Waals surface area contributed by atoms with Crippen molar-refractivity contribution in [1.29, 1.82) is 0 Å². The van der Waals surface area contributed by atoms with Crippen LogP contribution in [0.2, 0.25) is 0 Å². The Morgan fingerprint density at radius 3 is 2.45 bits per heavy atom. The van der Waals surface area contributed by atoms with Gasteiger partial charge in [0.1, 0.15) is 5.60 Å². The highest BCUT2D eigenvalue weighted by Crippen LogP contribution is 2.69. The number of ether oxygens (including phenoxy) is 1. The summed E-state index contributed by atoms with van der Waals surface area (Å²) in [5.74, 6) is 1.13. The zero-order valence-corrected chi connectivity index (χ0v) is 18.4. The quantitative estimate of drug-likeness (QED) is 0.701. The number of fused-ring (bicyclic) bond motifs is 5. The van der Waals surface area contributed by atoms with Gasteiger partial charge in [-0.3, -0.25) is 9.59 Å². The van der Waals surface area contributed by atoms with Crippen LogP contribution in [-0.2, 0) is 14.3 Å². The summed E-state index contributed by atoms with van der Waals surface area (Å²) in [6.07, 6.45) is 7.82. The van der Waals surface area contributed by atoms with Crippen LogP contribution in [0.4, 0.5) is 0 Å². The second kappa shape index (κ2) is 7.05. The molecule has 4 fully saturated rings. The lowest BCUT2D eigenvalue weighted by Crippen LogP contribution is -2.60. The van der Waals surface area contributed by atoms with Gasteiger partial charge in [0.05, 0.1) is 6.10 Å². The fourth-order valence-corrected chi connectivity index (χ4v) is 8.45. The topological polar surface area (TPSA) is 83.8 Å². The first-order valence-electron chi connectivity index (χ1n) is 11.6. The van der Waals surface area contributed by atoms with Gasteiger partial charge in [0.2, 0.25) is 5.78 Å². The van der Waals surface area contributed by atoms with Crippen molar-refractivity contribution >= 4 is 11.8 Å². The number of aliphatic hydroxyl groups is 2. The number of carbonyl (C=O) groups is 2. The maximum Gasteiger partial charge on any atom is 0.303 e. The molecule has 5 heteroatoms. The third-order valence-electron chi connectivity index (χ3n) is 10.1. The molecular formula is C24H38O5. The molecule has 4 saturated carbocycles. The van der Waals surface area contributed by atoms with Gasteiger partial charge in [-0.2, -0.15) is 0 Å². The van der Waals surface area contributed by atoms with Crippen molar-refractivity contribution in [3.05, 3.63) is 0 Å². The molecule has 0 aromatic rings. The lowest BCUT2D eigenvalue weighted by atomic mass is 9.44. The summed E-state index contributed by atoms with van der Waals surface area (Å²) in [6, 6.07) is 0. The van der Waals surface area contributed by atoms with Crippen molar-refractivity contribution in [1.82, 2.24) is 0 Å². The van der Waals surface area contributed by atoms with Gasteiger partial charge in [0, 0.05) is 12.3 Å². The van der Waals surface area contributed by atoms with E-state index in [1.807, 2.05) is 6.92 Å². The summed E-state index contributed by atoms with van der Waals surface area (Å²) in [5.41, 5.74) is -1.60. The van der Waals surface area contributed by atoms with E-state index in [1.165, 1.54) is 6.92 Å². The standard InChI is InChI=1S/C24H38O5/c1-14-11-20-18-6-5-16-12-17(26)7-9-22(16,3)19(18)8-10-23(20,4)24(14,28)21(27)13-29-15(2)25/h14,16-20,26,28H,5-13H2,1-4H3/t14-,16?,17-,18?,19?,20?,22-,23-,24-/m0/s1. The van der Waals surface area contributed by atoms with Crippen LogP contribution in [0.3, 0.4) is 0 Å². The molecule has 0 aromatic heterocycles. The Morgan fingerprint density at radius 1 is 1.03 bits per heavy atom. The predicted octanol–water partition coefficient (Wildman–Crippen LogP) is 3.50. The van der Waals surface area contributed by atoms with Crippen LogP contribution in [0.5, 0.6) is 0 Å². The summed E-state index contributed by atoms with van der Waals surface area (Å²) in [7, 11) is 0. The van der Waals surface area contributed by atoms with Crippen molar-refractivity contribution < 1.29 is 24.5 Å². The van der Waals surface area contributed by atoms with Gasteiger partial charge in [0.15, 0.2) is 6.61 Å². The summed E-state index contributed by atoms with van der Waals surface area (Å²) in [6.45, 7) is 7.52. The van der Waals surface area contributed by atoms with Gasteiger partial charge in [-0.1, -0.05) is 20.8 Å². The van der Waals surface area contributed by atoms with Crippen molar-refractivity contribution in [2.24, 2.45) is 40.4 Å². The molecule has 0 spiro atoms. The van der Waals surface area contributed by atoms with E-state index in [0.29, 0.717) is 23.7 Å². The average Bonchev–Trinajstić information content (AvgIpc) is 2.88. The molecular weight excluding hydrogens is 368 g/mol. The molecule has 4 aliphatic rings. The Bertz CT molecular complexity index is 691. The zero-order valence-electron chi connectivity index (χ0n) is 18.4. The maximum atomic E-state index is 13.1. The fraction of sp³-hybridized carbons (Fsp3) is 0.917. The van der Waals surface area contributed by atoms with Crippen LogP contribution in [0.25, 0.3) is 0 Å². The Kier molecular flexibility index (Phi) is 5.18. The molecule has 5 nitrogen and oxygen atoms in total. The highest BCUT2D eigenvalue weighted by molar-refractivity contribution is 5.91. The number of aliphatic hydroxyl groups excluding tert-OH is 1. The smallest absolute Gasteiger partial charge is 0.303 e. The van der Waals surface area contributed by atoms with Gasteiger partial charge in [-0.25, -0.2) is 0 Å². The lowest BCUT2D eigenvalue weighted by molar-refractivity contribution is -0.181. The molecule has 0 aromatic carbocycles. The minimum Gasteiger partial charge on any atom is -0.458 e. The third kappa shape index (κ3) is 2.94. The minimum absolute atomic E-state index is 0.127. The Morgan fingerprint density at radius 2 is 1.76 bits per heavy atom. The van der Waals surface area contributed by atoms with Gasteiger partial charge >= 0.3 is 5.97 Å². The van der Waals surface area contributed by atoms with Crippen LogP contribution in [0.1, 0.15) is 79.1 Å². The van der Waals surface area contributed by atoms with Crippen LogP contribution >= 0.6 is 0 Å². The van der Waals surface area contributed by atoms with Gasteiger partial charge < -0.3 is 14.9 Å². The number of rotatable bonds is 3. The molecule has 2 N–H and O–H groups in total. The first kappa shape index (κ1) is 21.3. The molecule has 0 heterocycles. The molecule has 0 amide bonds. The highest BCUT2D eigenvalue weighted by Gasteiger charge is 2.69. The summed E-state index contributed by atoms with van der Waals surface area (Å²) in [4.78, 5) is 24.3. The first-order chi connectivity index (χ1) is 13.5. The van der Waals surface area contributed by atoms with Crippen molar-refractivity contribution in [2.75, 3.05) is 6.61 Å².